The number of Topliss-reactive ketones (excluding diaryl/α,β-unsaturated/α-hetero) is 1. The molecule has 18 heavy (non-hydrogen) atoms. The van der Waals surface area contributed by atoms with Gasteiger partial charge in [0, 0.05) is 0 Å². The lowest BCUT2D eigenvalue weighted by molar-refractivity contribution is 0.101. The molecule has 1 heterocycles. The summed E-state index contributed by atoms with van der Waals surface area (Å²) in [6.45, 7) is 0. The maximum Gasteiger partial charge on any atom is 0.231 e. The van der Waals surface area contributed by atoms with Gasteiger partial charge in [0.25, 0.3) is 0 Å². The molecule has 1 N–H and O–H groups in total. The zero-order valence-corrected chi connectivity index (χ0v) is 9.46. The van der Waals surface area contributed by atoms with E-state index in [1.165, 1.54) is 0 Å². The van der Waals surface area contributed by atoms with Gasteiger partial charge in [-0.25, -0.2) is 0 Å². The van der Waals surface area contributed by atoms with E-state index in [2.05, 4.69) is 0 Å². The molecule has 0 amide bonds. The van der Waals surface area contributed by atoms with Crippen LogP contribution in [-0.2, 0) is 0 Å². The first-order valence-electron chi connectivity index (χ1n) is 5.56. The molecule has 3 rings (SSSR count). The van der Waals surface area contributed by atoms with Crippen LogP contribution >= 0.6 is 0 Å². The monoisotopic (exact) mass is 238 g/mol. The van der Waals surface area contributed by atoms with Gasteiger partial charge in [-0.05, 0) is 35.9 Å². The Kier molecular flexibility index (Phi) is 2.38. The molecule has 0 fully saturated rings. The van der Waals surface area contributed by atoms with E-state index in [1.54, 1.807) is 42.5 Å². The summed E-state index contributed by atoms with van der Waals surface area (Å²) in [6, 6.07) is 13.7. The molecule has 0 atom stereocenters. The molecule has 0 aliphatic carbocycles. The summed E-state index contributed by atoms with van der Waals surface area (Å²) in [5.74, 6) is 0.979. The average Bonchev–Trinajstić information content (AvgIpc) is 2.70. The van der Waals surface area contributed by atoms with Crippen LogP contribution in [0.4, 0.5) is 0 Å². The second-order valence-electron chi connectivity index (χ2n) is 4.03. The van der Waals surface area contributed by atoms with Crippen LogP contribution in [0.1, 0.15) is 15.9 Å². The lowest BCUT2D eigenvalue weighted by atomic mass is 10.1. The minimum Gasteiger partial charge on any atom is -0.508 e. The molecule has 1 aliphatic rings. The molecule has 0 saturated carbocycles. The van der Waals surface area contributed by atoms with E-state index < -0.39 is 0 Å². The molecule has 3 nitrogen and oxygen atoms in total. The maximum atomic E-state index is 12.0. The van der Waals surface area contributed by atoms with E-state index in [4.69, 9.17) is 4.74 Å². The fraction of sp³-hybridized carbons (Fsp3) is 0. The van der Waals surface area contributed by atoms with Crippen molar-refractivity contribution in [3.05, 3.63) is 65.4 Å². The topological polar surface area (TPSA) is 46.5 Å². The van der Waals surface area contributed by atoms with Gasteiger partial charge >= 0.3 is 0 Å². The molecule has 3 heteroatoms. The Hall–Kier alpha value is -2.55. The van der Waals surface area contributed by atoms with Gasteiger partial charge in [0.05, 0.1) is 5.56 Å². The van der Waals surface area contributed by atoms with Crippen molar-refractivity contribution in [3.8, 4) is 11.5 Å². The molecule has 0 saturated heterocycles. The number of carbonyl (C=O) groups is 1. The van der Waals surface area contributed by atoms with Crippen LogP contribution < -0.4 is 4.74 Å². The van der Waals surface area contributed by atoms with Crippen LogP contribution in [0.2, 0.25) is 0 Å². The first-order chi connectivity index (χ1) is 8.74. The van der Waals surface area contributed by atoms with Crippen LogP contribution in [0.15, 0.2) is 54.3 Å². The van der Waals surface area contributed by atoms with Crippen molar-refractivity contribution in [2.24, 2.45) is 0 Å². The smallest absolute Gasteiger partial charge is 0.231 e. The molecule has 0 radical (unpaired) electrons. The van der Waals surface area contributed by atoms with Gasteiger partial charge in [0.1, 0.15) is 11.5 Å². The Labute approximate surface area is 104 Å². The Bertz CT molecular complexity index is 639. The van der Waals surface area contributed by atoms with Crippen molar-refractivity contribution in [1.82, 2.24) is 0 Å². The molecule has 0 spiro atoms. The molecule has 88 valence electrons. The summed E-state index contributed by atoms with van der Waals surface area (Å²) in [5, 5.41) is 9.19. The molecular weight excluding hydrogens is 228 g/mol. The number of allylic oxidation sites excluding steroid dienone is 1. The molecule has 0 unspecified atom stereocenters. The fourth-order valence-electron chi connectivity index (χ4n) is 1.86. The van der Waals surface area contributed by atoms with Gasteiger partial charge < -0.3 is 9.84 Å². The SMILES string of the molecule is O=C1/C(=C\c2ccc(O)cc2)Oc2ccccc21. The Morgan fingerprint density at radius 2 is 1.72 bits per heavy atom. The van der Waals surface area contributed by atoms with Crippen LogP contribution in [0.25, 0.3) is 6.08 Å². The number of ketones is 1. The second-order valence-corrected chi connectivity index (χ2v) is 4.03. The quantitative estimate of drug-likeness (QED) is 0.777. The Morgan fingerprint density at radius 1 is 1.00 bits per heavy atom. The summed E-state index contributed by atoms with van der Waals surface area (Å²) in [4.78, 5) is 12.0. The second kappa shape index (κ2) is 4.04. The Balaban J connectivity index is 1.97. The first kappa shape index (κ1) is 10.6. The third-order valence-corrected chi connectivity index (χ3v) is 2.77. The van der Waals surface area contributed by atoms with Crippen molar-refractivity contribution in [3.63, 3.8) is 0 Å². The number of ether oxygens (including phenoxy) is 1. The highest BCUT2D eigenvalue weighted by molar-refractivity contribution is 6.14. The summed E-state index contributed by atoms with van der Waals surface area (Å²) in [5.41, 5.74) is 1.39. The summed E-state index contributed by atoms with van der Waals surface area (Å²) in [6.07, 6.45) is 1.67. The third-order valence-electron chi connectivity index (χ3n) is 2.77. The van der Waals surface area contributed by atoms with Gasteiger partial charge in [0.15, 0.2) is 5.76 Å². The van der Waals surface area contributed by atoms with Crippen LogP contribution in [-0.4, -0.2) is 10.9 Å². The van der Waals surface area contributed by atoms with Crippen molar-refractivity contribution in [1.29, 1.82) is 0 Å². The molecular formula is C15H10O3. The first-order valence-corrected chi connectivity index (χ1v) is 5.56. The van der Waals surface area contributed by atoms with Gasteiger partial charge in [0.2, 0.25) is 5.78 Å². The fourth-order valence-corrected chi connectivity index (χ4v) is 1.86. The third kappa shape index (κ3) is 1.76. The molecule has 2 aromatic rings. The number of carbonyl (C=O) groups excluding carboxylic acids is 1. The molecule has 0 aromatic heterocycles. The largest absolute Gasteiger partial charge is 0.508 e. The highest BCUT2D eigenvalue weighted by atomic mass is 16.5. The lowest BCUT2D eigenvalue weighted by Crippen LogP contribution is -1.97. The highest BCUT2D eigenvalue weighted by Crippen LogP contribution is 2.31. The summed E-state index contributed by atoms with van der Waals surface area (Å²) < 4.78 is 5.50. The van der Waals surface area contributed by atoms with Gasteiger partial charge in [-0.3, -0.25) is 4.79 Å². The predicted octanol–water partition coefficient (Wildman–Crippen LogP) is 3.01. The van der Waals surface area contributed by atoms with Crippen LogP contribution in [0.3, 0.4) is 0 Å². The lowest BCUT2D eigenvalue weighted by Gasteiger charge is -1.98. The minimum atomic E-state index is -0.112. The maximum absolute atomic E-state index is 12.0. The zero-order valence-electron chi connectivity index (χ0n) is 9.46. The number of phenols is 1. The standard InChI is InChI=1S/C15H10O3/c16-11-7-5-10(6-8-11)9-14-15(17)12-3-1-2-4-13(12)18-14/h1-9,16H/b14-9+. The zero-order chi connectivity index (χ0) is 12.5. The van der Waals surface area contributed by atoms with Crippen LogP contribution in [0.5, 0.6) is 11.5 Å². The van der Waals surface area contributed by atoms with Crippen LogP contribution in [0, 0.1) is 0 Å². The molecule has 1 aliphatic heterocycles. The van der Waals surface area contributed by atoms with Crippen molar-refractivity contribution >= 4 is 11.9 Å². The average molecular weight is 238 g/mol. The van der Waals surface area contributed by atoms with E-state index in [1.807, 2.05) is 12.1 Å². The van der Waals surface area contributed by atoms with Crippen molar-refractivity contribution in [2.45, 2.75) is 0 Å². The summed E-state index contributed by atoms with van der Waals surface area (Å²) >= 11 is 0. The van der Waals surface area contributed by atoms with E-state index in [-0.39, 0.29) is 11.5 Å². The van der Waals surface area contributed by atoms with E-state index in [0.29, 0.717) is 17.1 Å². The number of fused-ring (bicyclic) bond motifs is 1. The number of phenolic OH excluding ortho intramolecular Hbond substituents is 1. The number of hydrogen-bond acceptors (Lipinski definition) is 3. The Morgan fingerprint density at radius 3 is 2.44 bits per heavy atom. The molecule has 2 aromatic carbocycles. The van der Waals surface area contributed by atoms with Crippen molar-refractivity contribution < 1.29 is 14.6 Å². The van der Waals surface area contributed by atoms with Gasteiger partial charge in [-0.2, -0.15) is 0 Å². The minimum absolute atomic E-state index is 0.112. The normalized spacial score (nSPS) is 15.6. The van der Waals surface area contributed by atoms with E-state index in [0.717, 1.165) is 5.56 Å². The van der Waals surface area contributed by atoms with Crippen molar-refractivity contribution in [2.75, 3.05) is 0 Å². The molecule has 0 bridgehead atoms. The van der Waals surface area contributed by atoms with E-state index >= 15 is 0 Å². The highest BCUT2D eigenvalue weighted by Gasteiger charge is 2.26. The number of rotatable bonds is 1. The van der Waals surface area contributed by atoms with E-state index in [9.17, 15) is 9.90 Å². The number of aromatic hydroxyl groups is 1. The van der Waals surface area contributed by atoms with Gasteiger partial charge in [-0.1, -0.05) is 24.3 Å². The number of para-hydroxylation sites is 1. The number of hydrogen-bond donors (Lipinski definition) is 1. The summed E-state index contributed by atoms with van der Waals surface area (Å²) in [7, 11) is 0. The van der Waals surface area contributed by atoms with Gasteiger partial charge in [-0.15, -0.1) is 0 Å². The predicted molar refractivity (Wildman–Crippen MR) is 67.5 cm³/mol. The number of benzene rings is 2.